The van der Waals surface area contributed by atoms with Crippen molar-refractivity contribution in [1.82, 2.24) is 15.8 Å². The molecular weight excluding hydrogens is 344 g/mol. The molecule has 8 nitrogen and oxygen atoms in total. The zero-order chi connectivity index (χ0) is 18.2. The number of nitrogens with zero attached hydrogens (tertiary/aromatic N) is 2. The number of carbonyl (C=O) groups is 1. The Hall–Kier alpha value is -1.81. The Bertz CT molecular complexity index is 800. The van der Waals surface area contributed by atoms with Crippen molar-refractivity contribution in [3.63, 3.8) is 0 Å². The molecule has 0 bridgehead atoms. The molecule has 1 saturated heterocycles. The van der Waals surface area contributed by atoms with Crippen LogP contribution >= 0.6 is 0 Å². The van der Waals surface area contributed by atoms with Gasteiger partial charge in [0.2, 0.25) is 0 Å². The van der Waals surface area contributed by atoms with Gasteiger partial charge in [-0.15, -0.1) is 0 Å². The first kappa shape index (κ1) is 18.0. The first-order valence-electron chi connectivity index (χ1n) is 8.12. The third-order valence-electron chi connectivity index (χ3n) is 4.75. The molecule has 1 fully saturated rings. The topological polar surface area (TPSA) is 111 Å². The minimum atomic E-state index is -3.31. The maximum Gasteiger partial charge on any atom is 0.271 e. The van der Waals surface area contributed by atoms with Gasteiger partial charge in [-0.1, -0.05) is 12.1 Å². The summed E-state index contributed by atoms with van der Waals surface area (Å²) in [5.41, 5.74) is 1.69. The van der Waals surface area contributed by atoms with Crippen LogP contribution in [0.4, 0.5) is 0 Å². The molecule has 1 aromatic carbocycles. The highest BCUT2D eigenvalue weighted by molar-refractivity contribution is 7.90. The lowest BCUT2D eigenvalue weighted by molar-refractivity contribution is -0.139. The Kier molecular flexibility index (Phi) is 4.67. The first-order chi connectivity index (χ1) is 11.8. The van der Waals surface area contributed by atoms with E-state index in [1.54, 1.807) is 19.1 Å². The van der Waals surface area contributed by atoms with Gasteiger partial charge in [-0.2, -0.15) is 10.6 Å². The first-order valence-corrected chi connectivity index (χ1v) is 10.0. The van der Waals surface area contributed by atoms with Gasteiger partial charge in [0, 0.05) is 11.8 Å². The number of benzene rings is 1. The molecule has 136 valence electrons. The normalized spacial score (nSPS) is 25.3. The number of rotatable bonds is 4. The highest BCUT2D eigenvalue weighted by Crippen LogP contribution is 2.29. The minimum absolute atomic E-state index is 0.0192. The smallest absolute Gasteiger partial charge is 0.271 e. The minimum Gasteiger partial charge on any atom is -0.317 e. The number of hydrogen-bond acceptors (Lipinski definition) is 7. The van der Waals surface area contributed by atoms with E-state index in [1.165, 1.54) is 17.1 Å². The quantitative estimate of drug-likeness (QED) is 0.653. The van der Waals surface area contributed by atoms with Crippen LogP contribution in [0.3, 0.4) is 0 Å². The standard InChI is InChI=1S/C16H22N4O4S/c1-16(19-22)14(11-3-5-13(6-4-11)25(2,23)24)18-20(15(16)21)12-7-9-17-10-8-12/h3-6,12,17,19,22H,7-10H2,1-2H3. The molecule has 1 atom stereocenters. The summed E-state index contributed by atoms with van der Waals surface area (Å²) in [6, 6.07) is 6.13. The third-order valence-corrected chi connectivity index (χ3v) is 5.88. The van der Waals surface area contributed by atoms with Crippen LogP contribution in [-0.4, -0.2) is 61.2 Å². The van der Waals surface area contributed by atoms with E-state index in [9.17, 15) is 18.4 Å². The van der Waals surface area contributed by atoms with Gasteiger partial charge in [0.05, 0.1) is 16.6 Å². The summed E-state index contributed by atoms with van der Waals surface area (Å²) in [6.07, 6.45) is 2.71. The fourth-order valence-electron chi connectivity index (χ4n) is 3.19. The molecule has 0 radical (unpaired) electrons. The Morgan fingerprint density at radius 1 is 1.28 bits per heavy atom. The molecule has 0 spiro atoms. The Balaban J connectivity index is 1.98. The average molecular weight is 366 g/mol. The summed E-state index contributed by atoms with van der Waals surface area (Å²) in [7, 11) is -3.31. The van der Waals surface area contributed by atoms with Gasteiger partial charge in [0.25, 0.3) is 5.91 Å². The SMILES string of the molecule is CC1(NO)C(=O)N(C2CCNCC2)N=C1c1ccc(S(C)(=O)=O)cc1. The lowest BCUT2D eigenvalue weighted by atomic mass is 9.91. The van der Waals surface area contributed by atoms with Crippen LogP contribution in [0.15, 0.2) is 34.3 Å². The largest absolute Gasteiger partial charge is 0.317 e. The molecule has 2 heterocycles. The average Bonchev–Trinajstić information content (AvgIpc) is 2.87. The molecule has 1 unspecified atom stereocenters. The highest BCUT2D eigenvalue weighted by Gasteiger charge is 2.49. The molecule has 9 heteroatoms. The van der Waals surface area contributed by atoms with Crippen molar-refractivity contribution in [3.05, 3.63) is 29.8 Å². The van der Waals surface area contributed by atoms with Crippen LogP contribution in [0.25, 0.3) is 0 Å². The molecular formula is C16H22N4O4S. The summed E-state index contributed by atoms with van der Waals surface area (Å²) < 4.78 is 23.2. The van der Waals surface area contributed by atoms with Crippen LogP contribution in [0.2, 0.25) is 0 Å². The van der Waals surface area contributed by atoms with Gasteiger partial charge in [-0.25, -0.2) is 13.4 Å². The Labute approximate surface area is 146 Å². The van der Waals surface area contributed by atoms with Crippen molar-refractivity contribution in [1.29, 1.82) is 0 Å². The summed E-state index contributed by atoms with van der Waals surface area (Å²) >= 11 is 0. The van der Waals surface area contributed by atoms with Crippen LogP contribution in [-0.2, 0) is 14.6 Å². The highest BCUT2D eigenvalue weighted by atomic mass is 32.2. The van der Waals surface area contributed by atoms with Crippen molar-refractivity contribution in [2.45, 2.75) is 36.2 Å². The van der Waals surface area contributed by atoms with Crippen LogP contribution in [0.1, 0.15) is 25.3 Å². The molecule has 25 heavy (non-hydrogen) atoms. The lowest BCUT2D eigenvalue weighted by Gasteiger charge is -2.30. The van der Waals surface area contributed by atoms with Crippen molar-refractivity contribution in [2.24, 2.45) is 5.10 Å². The maximum absolute atomic E-state index is 12.8. The fraction of sp³-hybridized carbons (Fsp3) is 0.500. The van der Waals surface area contributed by atoms with E-state index in [2.05, 4.69) is 15.9 Å². The van der Waals surface area contributed by atoms with Crippen LogP contribution < -0.4 is 10.8 Å². The number of sulfone groups is 1. The Morgan fingerprint density at radius 3 is 2.40 bits per heavy atom. The van der Waals surface area contributed by atoms with E-state index in [0.29, 0.717) is 11.3 Å². The molecule has 0 aromatic heterocycles. The molecule has 1 aromatic rings. The van der Waals surface area contributed by atoms with E-state index in [-0.39, 0.29) is 16.8 Å². The van der Waals surface area contributed by atoms with Gasteiger partial charge < -0.3 is 10.5 Å². The number of carbonyl (C=O) groups excluding carboxylic acids is 1. The van der Waals surface area contributed by atoms with E-state index in [1.807, 2.05) is 0 Å². The molecule has 3 rings (SSSR count). The zero-order valence-electron chi connectivity index (χ0n) is 14.2. The summed E-state index contributed by atoms with van der Waals surface area (Å²) in [4.78, 5) is 13.0. The van der Waals surface area contributed by atoms with Crippen molar-refractivity contribution in [3.8, 4) is 0 Å². The molecule has 1 amide bonds. The second-order valence-corrected chi connectivity index (χ2v) is 8.63. The van der Waals surface area contributed by atoms with Gasteiger partial charge in [-0.3, -0.25) is 4.79 Å². The number of nitrogens with one attached hydrogen (secondary N) is 2. The van der Waals surface area contributed by atoms with Crippen molar-refractivity contribution in [2.75, 3.05) is 19.3 Å². The van der Waals surface area contributed by atoms with Gasteiger partial charge in [-0.05, 0) is 45.0 Å². The number of hydroxylamine groups is 1. The number of hydrogen-bond donors (Lipinski definition) is 3. The van der Waals surface area contributed by atoms with E-state index in [4.69, 9.17) is 0 Å². The molecule has 2 aliphatic rings. The monoisotopic (exact) mass is 366 g/mol. The molecule has 3 N–H and O–H groups in total. The molecule has 0 aliphatic carbocycles. The predicted molar refractivity (Wildman–Crippen MR) is 92.2 cm³/mol. The predicted octanol–water partition coefficient (Wildman–Crippen LogP) is 0.126. The van der Waals surface area contributed by atoms with Crippen LogP contribution in [0, 0.1) is 0 Å². The van der Waals surface area contributed by atoms with Gasteiger partial charge >= 0.3 is 0 Å². The second-order valence-electron chi connectivity index (χ2n) is 6.61. The lowest BCUT2D eigenvalue weighted by Crippen LogP contribution is -2.56. The summed E-state index contributed by atoms with van der Waals surface area (Å²) in [5, 5.41) is 18.8. The molecule has 2 aliphatic heterocycles. The van der Waals surface area contributed by atoms with Crippen molar-refractivity contribution < 1.29 is 18.4 Å². The zero-order valence-corrected chi connectivity index (χ0v) is 15.0. The van der Waals surface area contributed by atoms with E-state index in [0.717, 1.165) is 32.2 Å². The second kappa shape index (κ2) is 6.49. The maximum atomic E-state index is 12.8. The third kappa shape index (κ3) is 3.20. The fourth-order valence-corrected chi connectivity index (χ4v) is 3.82. The summed E-state index contributed by atoms with van der Waals surface area (Å²) in [5.74, 6) is -0.316. The van der Waals surface area contributed by atoms with Gasteiger partial charge in [0.15, 0.2) is 15.4 Å². The number of hydrazone groups is 1. The van der Waals surface area contributed by atoms with E-state index >= 15 is 0 Å². The number of piperidine rings is 1. The van der Waals surface area contributed by atoms with E-state index < -0.39 is 15.4 Å². The van der Waals surface area contributed by atoms with Gasteiger partial charge in [0.1, 0.15) is 0 Å². The molecule has 0 saturated carbocycles. The van der Waals surface area contributed by atoms with Crippen LogP contribution in [0.5, 0.6) is 0 Å². The summed E-state index contributed by atoms with van der Waals surface area (Å²) in [6.45, 7) is 3.19. The van der Waals surface area contributed by atoms with Crippen molar-refractivity contribution >= 4 is 21.5 Å². The Morgan fingerprint density at radius 2 is 1.88 bits per heavy atom. The number of amides is 1.